The van der Waals surface area contributed by atoms with Crippen LogP contribution in [-0.2, 0) is 0 Å². The highest BCUT2D eigenvalue weighted by molar-refractivity contribution is 9.10. The lowest BCUT2D eigenvalue weighted by molar-refractivity contribution is 0.0742. The fourth-order valence-electron chi connectivity index (χ4n) is 2.79. The van der Waals surface area contributed by atoms with E-state index >= 15 is 0 Å². The minimum Gasteiger partial charge on any atom is -0.367 e. The summed E-state index contributed by atoms with van der Waals surface area (Å²) in [6.45, 7) is 2.37. The largest absolute Gasteiger partial charge is 0.367 e. The Balaban J connectivity index is 1.69. The summed E-state index contributed by atoms with van der Waals surface area (Å²) in [4.78, 5) is 16.3. The zero-order valence-corrected chi connectivity index (χ0v) is 14.5. The molecule has 24 heavy (non-hydrogen) atoms. The van der Waals surface area contributed by atoms with Crippen LogP contribution in [0.1, 0.15) is 15.9 Å². The Morgan fingerprint density at radius 1 is 1.12 bits per heavy atom. The van der Waals surface area contributed by atoms with Gasteiger partial charge in [-0.3, -0.25) is 4.79 Å². The molecule has 0 bridgehead atoms. The van der Waals surface area contributed by atoms with E-state index in [1.807, 2.05) is 6.07 Å². The second-order valence-corrected chi connectivity index (χ2v) is 6.39. The van der Waals surface area contributed by atoms with Gasteiger partial charge in [0, 0.05) is 30.7 Å². The van der Waals surface area contributed by atoms with Crippen LogP contribution in [0.2, 0.25) is 0 Å². The maximum absolute atomic E-state index is 13.8. The van der Waals surface area contributed by atoms with Gasteiger partial charge in [0.15, 0.2) is 0 Å². The van der Waals surface area contributed by atoms with Crippen LogP contribution in [0.15, 0.2) is 46.9 Å². The van der Waals surface area contributed by atoms with E-state index in [0.29, 0.717) is 31.7 Å². The Kier molecular flexibility index (Phi) is 4.81. The third kappa shape index (κ3) is 3.26. The Morgan fingerprint density at radius 3 is 2.46 bits per heavy atom. The van der Waals surface area contributed by atoms with Gasteiger partial charge in [-0.1, -0.05) is 12.1 Å². The molecule has 1 heterocycles. The van der Waals surface area contributed by atoms with Crippen LogP contribution in [0.3, 0.4) is 0 Å². The highest BCUT2D eigenvalue weighted by Gasteiger charge is 2.24. The van der Waals surface area contributed by atoms with Crippen LogP contribution < -0.4 is 4.90 Å². The summed E-state index contributed by atoms with van der Waals surface area (Å²) in [5.74, 6) is -0.758. The lowest BCUT2D eigenvalue weighted by atomic mass is 10.1. The van der Waals surface area contributed by atoms with E-state index in [0.717, 1.165) is 10.2 Å². The van der Waals surface area contributed by atoms with Crippen molar-refractivity contribution in [2.45, 2.75) is 0 Å². The average molecular weight is 388 g/mol. The summed E-state index contributed by atoms with van der Waals surface area (Å²) in [5, 5.41) is 8.93. The Morgan fingerprint density at radius 2 is 1.83 bits per heavy atom. The smallest absolute Gasteiger partial charge is 0.256 e. The van der Waals surface area contributed by atoms with E-state index in [2.05, 4.69) is 26.9 Å². The summed E-state index contributed by atoms with van der Waals surface area (Å²) in [7, 11) is 0. The van der Waals surface area contributed by atoms with Crippen molar-refractivity contribution in [1.82, 2.24) is 4.90 Å². The third-order valence-electron chi connectivity index (χ3n) is 4.09. The van der Waals surface area contributed by atoms with E-state index in [1.54, 1.807) is 29.2 Å². The number of halogens is 2. The molecule has 2 aromatic rings. The first-order chi connectivity index (χ1) is 11.6. The predicted molar refractivity (Wildman–Crippen MR) is 93.4 cm³/mol. The molecule has 1 saturated heterocycles. The zero-order valence-electron chi connectivity index (χ0n) is 12.9. The van der Waals surface area contributed by atoms with Crippen LogP contribution in [-0.4, -0.2) is 37.0 Å². The number of benzene rings is 2. The molecule has 6 heteroatoms. The van der Waals surface area contributed by atoms with Gasteiger partial charge >= 0.3 is 0 Å². The maximum Gasteiger partial charge on any atom is 0.256 e. The minimum atomic E-state index is -0.486. The van der Waals surface area contributed by atoms with E-state index in [1.165, 1.54) is 12.1 Å². The molecule has 1 fully saturated rings. The number of nitrogens with zero attached hydrogens (tertiary/aromatic N) is 3. The second kappa shape index (κ2) is 7.02. The molecule has 4 nitrogen and oxygen atoms in total. The molecule has 0 aromatic heterocycles. The average Bonchev–Trinajstić information content (AvgIpc) is 2.61. The first kappa shape index (κ1) is 16.5. The van der Waals surface area contributed by atoms with Gasteiger partial charge in [0.2, 0.25) is 0 Å². The molecule has 0 N–H and O–H groups in total. The van der Waals surface area contributed by atoms with Crippen molar-refractivity contribution in [2.24, 2.45) is 0 Å². The first-order valence-corrected chi connectivity index (χ1v) is 8.38. The number of rotatable bonds is 2. The van der Waals surface area contributed by atoms with Crippen molar-refractivity contribution >= 4 is 27.5 Å². The van der Waals surface area contributed by atoms with Crippen molar-refractivity contribution in [1.29, 1.82) is 5.26 Å². The fraction of sp³-hybridized carbons (Fsp3) is 0.222. The number of piperazine rings is 1. The number of amides is 1. The molecular weight excluding hydrogens is 373 g/mol. The van der Waals surface area contributed by atoms with Gasteiger partial charge in [-0.05, 0) is 46.3 Å². The summed E-state index contributed by atoms with van der Waals surface area (Å²) in [5.41, 5.74) is 1.71. The van der Waals surface area contributed by atoms with E-state index < -0.39 is 5.82 Å². The zero-order chi connectivity index (χ0) is 17.1. The molecule has 1 amide bonds. The van der Waals surface area contributed by atoms with Gasteiger partial charge in [0.25, 0.3) is 5.91 Å². The van der Waals surface area contributed by atoms with Gasteiger partial charge in [-0.25, -0.2) is 4.39 Å². The second-order valence-electron chi connectivity index (χ2n) is 5.54. The molecule has 2 aromatic carbocycles. The molecule has 0 radical (unpaired) electrons. The summed E-state index contributed by atoms with van der Waals surface area (Å²) in [6.07, 6.45) is 0. The molecule has 0 unspecified atom stereocenters. The molecular formula is C18H15BrFN3O. The van der Waals surface area contributed by atoms with Gasteiger partial charge in [-0.15, -0.1) is 0 Å². The lowest BCUT2D eigenvalue weighted by Crippen LogP contribution is -2.49. The number of hydrogen-bond donors (Lipinski definition) is 0. The van der Waals surface area contributed by atoms with Crippen LogP contribution in [0.25, 0.3) is 0 Å². The SMILES string of the molecule is N#Cc1ccc(N2CCN(C(=O)c3ccccc3F)CC2)c(Br)c1. The maximum atomic E-state index is 13.8. The van der Waals surface area contributed by atoms with Crippen LogP contribution >= 0.6 is 15.9 Å². The number of carbonyl (C=O) groups is 1. The Labute approximate surface area is 148 Å². The van der Waals surface area contributed by atoms with Crippen molar-refractivity contribution < 1.29 is 9.18 Å². The summed E-state index contributed by atoms with van der Waals surface area (Å²) >= 11 is 3.49. The van der Waals surface area contributed by atoms with Crippen LogP contribution in [0.5, 0.6) is 0 Å². The lowest BCUT2D eigenvalue weighted by Gasteiger charge is -2.36. The number of anilines is 1. The van der Waals surface area contributed by atoms with Crippen molar-refractivity contribution in [3.63, 3.8) is 0 Å². The highest BCUT2D eigenvalue weighted by atomic mass is 79.9. The summed E-state index contributed by atoms with van der Waals surface area (Å²) < 4.78 is 14.6. The topological polar surface area (TPSA) is 47.3 Å². The quantitative estimate of drug-likeness (QED) is 0.792. The number of nitriles is 1. The van der Waals surface area contributed by atoms with E-state index in [9.17, 15) is 9.18 Å². The first-order valence-electron chi connectivity index (χ1n) is 7.58. The number of hydrogen-bond acceptors (Lipinski definition) is 3. The van der Waals surface area contributed by atoms with E-state index in [4.69, 9.17) is 5.26 Å². The van der Waals surface area contributed by atoms with Crippen LogP contribution in [0, 0.1) is 17.1 Å². The highest BCUT2D eigenvalue weighted by Crippen LogP contribution is 2.28. The normalized spacial score (nSPS) is 14.4. The van der Waals surface area contributed by atoms with Crippen LogP contribution in [0.4, 0.5) is 10.1 Å². The van der Waals surface area contributed by atoms with Crippen molar-refractivity contribution in [3.8, 4) is 6.07 Å². The molecule has 0 atom stereocenters. The molecule has 1 aliphatic heterocycles. The molecule has 0 aliphatic carbocycles. The van der Waals surface area contributed by atoms with Gasteiger partial charge < -0.3 is 9.80 Å². The monoisotopic (exact) mass is 387 g/mol. The van der Waals surface area contributed by atoms with E-state index in [-0.39, 0.29) is 11.5 Å². The van der Waals surface area contributed by atoms with Gasteiger partial charge in [0.05, 0.1) is 22.9 Å². The van der Waals surface area contributed by atoms with Gasteiger partial charge in [0.1, 0.15) is 5.82 Å². The molecule has 0 saturated carbocycles. The molecule has 3 rings (SSSR count). The Hall–Kier alpha value is -2.39. The number of carbonyl (C=O) groups excluding carboxylic acids is 1. The minimum absolute atomic E-state index is 0.116. The summed E-state index contributed by atoms with van der Waals surface area (Å²) in [6, 6.07) is 13.6. The molecule has 122 valence electrons. The fourth-order valence-corrected chi connectivity index (χ4v) is 3.42. The third-order valence-corrected chi connectivity index (χ3v) is 4.72. The molecule has 0 spiro atoms. The van der Waals surface area contributed by atoms with Gasteiger partial charge in [-0.2, -0.15) is 5.26 Å². The Bertz CT molecular complexity index is 810. The van der Waals surface area contributed by atoms with Crippen molar-refractivity contribution in [3.05, 3.63) is 63.9 Å². The van der Waals surface area contributed by atoms with Crippen molar-refractivity contribution in [2.75, 3.05) is 31.1 Å². The molecule has 1 aliphatic rings. The predicted octanol–water partition coefficient (Wildman–Crippen LogP) is 3.42. The standard InChI is InChI=1S/C18H15BrFN3O/c19-15-11-13(12-21)5-6-17(15)22-7-9-23(10-8-22)18(24)14-3-1-2-4-16(14)20/h1-6,11H,7-10H2.